The molecule has 0 aliphatic carbocycles. The lowest BCUT2D eigenvalue weighted by atomic mass is 10.1. The number of nitrogens with one attached hydrogen (secondary N) is 2. The van der Waals surface area contributed by atoms with Crippen LogP contribution in [0.2, 0.25) is 0 Å². The molecule has 7 heteroatoms. The molecule has 0 aromatic heterocycles. The Morgan fingerprint density at radius 3 is 2.50 bits per heavy atom. The summed E-state index contributed by atoms with van der Waals surface area (Å²) >= 11 is 3.48. The maximum Gasteiger partial charge on any atom is 0.191 e. The van der Waals surface area contributed by atoms with Gasteiger partial charge in [0.2, 0.25) is 0 Å². The predicted octanol–water partition coefficient (Wildman–Crippen LogP) is 4.07. The fraction of sp³-hybridized carbons (Fsp3) is 0.263. The molecule has 138 valence electrons. The first kappa shape index (κ1) is 22.3. The van der Waals surface area contributed by atoms with Crippen LogP contribution in [0.25, 0.3) is 0 Å². The molecule has 0 aliphatic heterocycles. The Bertz CT molecular complexity index is 759. The monoisotopic (exact) mass is 528 g/mol. The predicted molar refractivity (Wildman–Crippen MR) is 119 cm³/mol. The third kappa shape index (κ3) is 7.22. The van der Waals surface area contributed by atoms with Gasteiger partial charge in [-0.05, 0) is 52.7 Å². The largest absolute Gasteiger partial charge is 0.488 e. The molecule has 0 fully saturated rings. The second kappa shape index (κ2) is 11.8. The summed E-state index contributed by atoms with van der Waals surface area (Å²) in [5, 5.41) is 15.3. The fourth-order valence-corrected chi connectivity index (χ4v) is 2.52. The number of nitrogens with zero attached hydrogens (tertiary/aromatic N) is 2. The van der Waals surface area contributed by atoms with E-state index in [1.54, 1.807) is 19.2 Å². The second-order valence-corrected chi connectivity index (χ2v) is 6.33. The third-order valence-corrected chi connectivity index (χ3v) is 4.14. The van der Waals surface area contributed by atoms with Crippen molar-refractivity contribution >= 4 is 45.9 Å². The molecule has 26 heavy (non-hydrogen) atoms. The van der Waals surface area contributed by atoms with Crippen LogP contribution in [-0.4, -0.2) is 25.7 Å². The van der Waals surface area contributed by atoms with E-state index in [9.17, 15) is 0 Å². The summed E-state index contributed by atoms with van der Waals surface area (Å²) in [5.41, 5.74) is 1.74. The lowest BCUT2D eigenvalue weighted by molar-refractivity contribution is 0.222. The standard InChI is InChI=1S/C19H21BrN4O.HI/c1-14(25-18-6-4-3-5-17(18)20)12-23-19(22-2)24-13-16-9-7-15(11-21)8-10-16;/h3-10,14H,12-13H2,1-2H3,(H2,22,23,24);1H. The van der Waals surface area contributed by atoms with E-state index in [0.717, 1.165) is 15.8 Å². The molecule has 1 unspecified atom stereocenters. The van der Waals surface area contributed by atoms with Crippen LogP contribution in [0, 0.1) is 11.3 Å². The summed E-state index contributed by atoms with van der Waals surface area (Å²) in [6.07, 6.45) is -0.0211. The van der Waals surface area contributed by atoms with Crippen molar-refractivity contribution < 1.29 is 4.74 Å². The normalized spacial score (nSPS) is 11.7. The van der Waals surface area contributed by atoms with E-state index >= 15 is 0 Å². The van der Waals surface area contributed by atoms with Crippen LogP contribution in [0.15, 0.2) is 58.0 Å². The minimum absolute atomic E-state index is 0. The van der Waals surface area contributed by atoms with E-state index in [-0.39, 0.29) is 30.1 Å². The van der Waals surface area contributed by atoms with Crippen LogP contribution in [0.1, 0.15) is 18.1 Å². The summed E-state index contributed by atoms with van der Waals surface area (Å²) < 4.78 is 6.84. The summed E-state index contributed by atoms with van der Waals surface area (Å²) in [6.45, 7) is 3.25. The van der Waals surface area contributed by atoms with E-state index in [2.05, 4.69) is 37.6 Å². The van der Waals surface area contributed by atoms with Gasteiger partial charge in [0.05, 0.1) is 22.7 Å². The maximum atomic E-state index is 8.82. The number of guanidine groups is 1. The van der Waals surface area contributed by atoms with Crippen molar-refractivity contribution in [2.24, 2.45) is 4.99 Å². The SMILES string of the molecule is CN=C(NCc1ccc(C#N)cc1)NCC(C)Oc1ccccc1Br.I. The number of nitriles is 1. The highest BCUT2D eigenvalue weighted by Crippen LogP contribution is 2.24. The number of hydrogen-bond acceptors (Lipinski definition) is 3. The molecular weight excluding hydrogens is 507 g/mol. The lowest BCUT2D eigenvalue weighted by Gasteiger charge is -2.18. The van der Waals surface area contributed by atoms with E-state index < -0.39 is 0 Å². The number of ether oxygens (including phenoxy) is 1. The van der Waals surface area contributed by atoms with Gasteiger partial charge in [0.25, 0.3) is 0 Å². The molecule has 2 aromatic carbocycles. The van der Waals surface area contributed by atoms with Gasteiger partial charge >= 0.3 is 0 Å². The molecule has 2 aromatic rings. The van der Waals surface area contributed by atoms with Gasteiger partial charge in [0.15, 0.2) is 5.96 Å². The molecule has 5 nitrogen and oxygen atoms in total. The van der Waals surface area contributed by atoms with Gasteiger partial charge in [0, 0.05) is 13.6 Å². The van der Waals surface area contributed by atoms with Crippen molar-refractivity contribution in [3.63, 3.8) is 0 Å². The van der Waals surface area contributed by atoms with Gasteiger partial charge in [-0.3, -0.25) is 4.99 Å². The van der Waals surface area contributed by atoms with Gasteiger partial charge in [-0.15, -0.1) is 24.0 Å². The molecule has 0 radical (unpaired) electrons. The summed E-state index contributed by atoms with van der Waals surface area (Å²) in [7, 11) is 1.73. The highest BCUT2D eigenvalue weighted by Gasteiger charge is 2.08. The Morgan fingerprint density at radius 1 is 1.19 bits per heavy atom. The number of rotatable bonds is 6. The van der Waals surface area contributed by atoms with Crippen LogP contribution in [0.4, 0.5) is 0 Å². The topological polar surface area (TPSA) is 69.4 Å². The van der Waals surface area contributed by atoms with Crippen LogP contribution in [-0.2, 0) is 6.54 Å². The molecule has 0 saturated heterocycles. The Kier molecular flexibility index (Phi) is 10.1. The minimum Gasteiger partial charge on any atom is -0.488 e. The zero-order valence-corrected chi connectivity index (χ0v) is 18.6. The van der Waals surface area contributed by atoms with Gasteiger partial charge in [-0.25, -0.2) is 0 Å². The molecule has 1 atom stereocenters. The first-order valence-electron chi connectivity index (χ1n) is 7.97. The number of benzene rings is 2. The van der Waals surface area contributed by atoms with Gasteiger partial charge in [-0.1, -0.05) is 24.3 Å². The van der Waals surface area contributed by atoms with Crippen LogP contribution < -0.4 is 15.4 Å². The second-order valence-electron chi connectivity index (χ2n) is 5.47. The molecule has 0 bridgehead atoms. The van der Waals surface area contributed by atoms with Crippen molar-refractivity contribution in [2.75, 3.05) is 13.6 Å². The van der Waals surface area contributed by atoms with Crippen molar-refractivity contribution in [2.45, 2.75) is 19.6 Å². The van der Waals surface area contributed by atoms with Crippen LogP contribution in [0.3, 0.4) is 0 Å². The highest BCUT2D eigenvalue weighted by atomic mass is 127. The molecule has 2 N–H and O–H groups in total. The zero-order chi connectivity index (χ0) is 18.1. The average molecular weight is 529 g/mol. The first-order chi connectivity index (χ1) is 12.1. The van der Waals surface area contributed by atoms with Gasteiger partial charge in [0.1, 0.15) is 11.9 Å². The van der Waals surface area contributed by atoms with E-state index in [4.69, 9.17) is 10.00 Å². The number of para-hydroxylation sites is 1. The summed E-state index contributed by atoms with van der Waals surface area (Å²) in [5.74, 6) is 1.52. The molecule has 0 aliphatic rings. The van der Waals surface area contributed by atoms with Gasteiger partial charge in [-0.2, -0.15) is 5.26 Å². The Labute approximate surface area is 180 Å². The lowest BCUT2D eigenvalue weighted by Crippen LogP contribution is -2.41. The van der Waals surface area contributed by atoms with Crippen LogP contribution >= 0.6 is 39.9 Å². The van der Waals surface area contributed by atoms with E-state index in [0.29, 0.717) is 24.6 Å². The molecule has 0 saturated carbocycles. The van der Waals surface area contributed by atoms with Crippen molar-refractivity contribution in [3.8, 4) is 11.8 Å². The Balaban J connectivity index is 0.00000338. The van der Waals surface area contributed by atoms with E-state index in [1.807, 2.05) is 43.3 Å². The molecule has 0 spiro atoms. The fourth-order valence-electron chi connectivity index (χ4n) is 2.14. The van der Waals surface area contributed by atoms with Gasteiger partial charge < -0.3 is 15.4 Å². The first-order valence-corrected chi connectivity index (χ1v) is 8.76. The third-order valence-electron chi connectivity index (χ3n) is 3.49. The quantitative estimate of drug-likeness (QED) is 0.337. The summed E-state index contributed by atoms with van der Waals surface area (Å²) in [6, 6.07) is 17.4. The molecule has 0 amide bonds. The smallest absolute Gasteiger partial charge is 0.191 e. The molecular formula is C19H22BrIN4O. The van der Waals surface area contributed by atoms with Crippen molar-refractivity contribution in [1.82, 2.24) is 10.6 Å². The maximum absolute atomic E-state index is 8.82. The number of aliphatic imine (C=N–C) groups is 1. The Hall–Kier alpha value is -1.79. The zero-order valence-electron chi connectivity index (χ0n) is 14.7. The average Bonchev–Trinajstić information content (AvgIpc) is 2.64. The minimum atomic E-state index is -0.0211. The number of halogens is 2. The highest BCUT2D eigenvalue weighted by molar-refractivity contribution is 14.0. The summed E-state index contributed by atoms with van der Waals surface area (Å²) in [4.78, 5) is 4.21. The number of hydrogen-bond donors (Lipinski definition) is 2. The molecule has 0 heterocycles. The molecule has 2 rings (SSSR count). The van der Waals surface area contributed by atoms with E-state index in [1.165, 1.54) is 0 Å². The Morgan fingerprint density at radius 2 is 1.88 bits per heavy atom. The van der Waals surface area contributed by atoms with Crippen molar-refractivity contribution in [3.05, 3.63) is 64.1 Å². The van der Waals surface area contributed by atoms with Crippen LogP contribution in [0.5, 0.6) is 5.75 Å². The van der Waals surface area contributed by atoms with Crippen molar-refractivity contribution in [1.29, 1.82) is 5.26 Å².